The third kappa shape index (κ3) is 3.34. The lowest BCUT2D eigenvalue weighted by Gasteiger charge is -2.16. The summed E-state index contributed by atoms with van der Waals surface area (Å²) in [5.74, 6) is 1.91. The number of ether oxygens (including phenoxy) is 2. The van der Waals surface area contributed by atoms with Gasteiger partial charge in [-0.25, -0.2) is 0 Å². The Hall–Kier alpha value is -2.01. The van der Waals surface area contributed by atoms with Gasteiger partial charge < -0.3 is 14.8 Å². The molecule has 122 valence electrons. The highest BCUT2D eigenvalue weighted by Gasteiger charge is 2.21. The lowest BCUT2D eigenvalue weighted by molar-refractivity contribution is 0.103. The normalized spacial score (nSPS) is 16.6. The Morgan fingerprint density at radius 1 is 1.26 bits per heavy atom. The van der Waals surface area contributed by atoms with Crippen LogP contribution in [-0.2, 0) is 12.8 Å². The zero-order chi connectivity index (χ0) is 16.4. The quantitative estimate of drug-likeness (QED) is 0.916. The van der Waals surface area contributed by atoms with Gasteiger partial charge in [-0.3, -0.25) is 4.79 Å². The minimum absolute atomic E-state index is 0.0939. The number of anilines is 1. The fourth-order valence-electron chi connectivity index (χ4n) is 2.91. The van der Waals surface area contributed by atoms with Crippen LogP contribution in [0.5, 0.6) is 11.5 Å². The van der Waals surface area contributed by atoms with Gasteiger partial charge >= 0.3 is 0 Å². The van der Waals surface area contributed by atoms with Gasteiger partial charge in [-0.05, 0) is 48.9 Å². The van der Waals surface area contributed by atoms with Gasteiger partial charge in [0.05, 0.1) is 24.8 Å². The summed E-state index contributed by atoms with van der Waals surface area (Å²) in [4.78, 5) is 14.7. The molecule has 1 aliphatic rings. The maximum Gasteiger partial charge on any atom is 0.265 e. The van der Waals surface area contributed by atoms with Crippen molar-refractivity contribution in [2.24, 2.45) is 5.92 Å². The van der Waals surface area contributed by atoms with E-state index in [9.17, 15) is 4.79 Å². The first kappa shape index (κ1) is 15.9. The van der Waals surface area contributed by atoms with Crippen LogP contribution in [-0.4, -0.2) is 20.1 Å². The second-order valence-corrected chi connectivity index (χ2v) is 7.06. The summed E-state index contributed by atoms with van der Waals surface area (Å²) < 4.78 is 10.5. The van der Waals surface area contributed by atoms with E-state index >= 15 is 0 Å². The van der Waals surface area contributed by atoms with Gasteiger partial charge in [0.2, 0.25) is 0 Å². The minimum Gasteiger partial charge on any atom is -0.497 e. The number of hydrogen-bond donors (Lipinski definition) is 1. The minimum atomic E-state index is -0.0939. The predicted octanol–water partition coefficient (Wildman–Crippen LogP) is 4.14. The number of aryl methyl sites for hydroxylation is 1. The van der Waals surface area contributed by atoms with Gasteiger partial charge in [0.15, 0.2) is 0 Å². The van der Waals surface area contributed by atoms with E-state index in [2.05, 4.69) is 12.2 Å². The highest BCUT2D eigenvalue weighted by molar-refractivity contribution is 7.14. The van der Waals surface area contributed by atoms with Crippen molar-refractivity contribution in [2.75, 3.05) is 19.5 Å². The monoisotopic (exact) mass is 331 g/mol. The van der Waals surface area contributed by atoms with E-state index in [4.69, 9.17) is 9.47 Å². The molecule has 1 atom stereocenters. The maximum absolute atomic E-state index is 12.6. The van der Waals surface area contributed by atoms with Crippen molar-refractivity contribution in [2.45, 2.75) is 26.2 Å². The molecule has 23 heavy (non-hydrogen) atoms. The summed E-state index contributed by atoms with van der Waals surface area (Å²) in [5.41, 5.74) is 1.95. The van der Waals surface area contributed by atoms with Crippen LogP contribution in [0.2, 0.25) is 0 Å². The molecule has 0 fully saturated rings. The summed E-state index contributed by atoms with van der Waals surface area (Å²) >= 11 is 1.60. The van der Waals surface area contributed by atoms with Gasteiger partial charge in [-0.2, -0.15) is 0 Å². The van der Waals surface area contributed by atoms with Crippen molar-refractivity contribution in [3.63, 3.8) is 0 Å². The van der Waals surface area contributed by atoms with Gasteiger partial charge in [0.25, 0.3) is 5.91 Å². The smallest absolute Gasteiger partial charge is 0.265 e. The molecule has 4 nitrogen and oxygen atoms in total. The van der Waals surface area contributed by atoms with Crippen LogP contribution in [0.4, 0.5) is 5.69 Å². The molecule has 3 rings (SSSR count). The van der Waals surface area contributed by atoms with Crippen LogP contribution < -0.4 is 14.8 Å². The zero-order valence-electron chi connectivity index (χ0n) is 13.6. The zero-order valence-corrected chi connectivity index (χ0v) is 14.5. The lowest BCUT2D eigenvalue weighted by Crippen LogP contribution is -2.11. The van der Waals surface area contributed by atoms with Crippen molar-refractivity contribution < 1.29 is 14.3 Å². The maximum atomic E-state index is 12.6. The van der Waals surface area contributed by atoms with Crippen molar-refractivity contribution in [1.29, 1.82) is 0 Å². The Bertz CT molecular complexity index is 723. The predicted molar refractivity (Wildman–Crippen MR) is 93.0 cm³/mol. The third-order valence-corrected chi connectivity index (χ3v) is 5.44. The number of methoxy groups -OCH3 is 2. The number of fused-ring (bicyclic) bond motifs is 1. The van der Waals surface area contributed by atoms with Crippen molar-refractivity contribution in [3.8, 4) is 11.5 Å². The lowest BCUT2D eigenvalue weighted by atomic mass is 9.90. The number of thiophene rings is 1. The number of benzene rings is 1. The Balaban J connectivity index is 1.82. The van der Waals surface area contributed by atoms with Crippen LogP contribution in [0.15, 0.2) is 24.3 Å². The summed E-state index contributed by atoms with van der Waals surface area (Å²) in [6.45, 7) is 2.27. The van der Waals surface area contributed by atoms with Crippen molar-refractivity contribution in [3.05, 3.63) is 39.6 Å². The van der Waals surface area contributed by atoms with E-state index in [1.165, 1.54) is 16.9 Å². The Morgan fingerprint density at radius 3 is 2.83 bits per heavy atom. The van der Waals surface area contributed by atoms with E-state index in [-0.39, 0.29) is 5.91 Å². The molecule has 1 aliphatic carbocycles. The second-order valence-electron chi connectivity index (χ2n) is 5.93. The summed E-state index contributed by atoms with van der Waals surface area (Å²) in [5, 5.41) is 2.94. The van der Waals surface area contributed by atoms with Crippen LogP contribution in [0, 0.1) is 5.92 Å². The van der Waals surface area contributed by atoms with E-state index < -0.39 is 0 Å². The van der Waals surface area contributed by atoms with Gasteiger partial charge in [0.1, 0.15) is 11.5 Å². The number of nitrogens with one attached hydrogen (secondary N) is 1. The van der Waals surface area contributed by atoms with Gasteiger partial charge in [0, 0.05) is 10.9 Å². The van der Waals surface area contributed by atoms with Crippen LogP contribution in [0.3, 0.4) is 0 Å². The van der Waals surface area contributed by atoms with E-state index in [1.807, 2.05) is 6.07 Å². The molecule has 0 radical (unpaired) electrons. The number of carbonyl (C=O) groups is 1. The first-order valence-electron chi connectivity index (χ1n) is 7.75. The molecule has 0 unspecified atom stereocenters. The Labute approximate surface area is 140 Å². The number of carbonyl (C=O) groups excluding carboxylic acids is 1. The molecular formula is C18H21NO3S. The van der Waals surface area contributed by atoms with Gasteiger partial charge in [-0.1, -0.05) is 6.92 Å². The van der Waals surface area contributed by atoms with E-state index in [0.717, 1.165) is 17.7 Å². The fourth-order valence-corrected chi connectivity index (χ4v) is 4.02. The van der Waals surface area contributed by atoms with Crippen LogP contribution in [0.1, 0.15) is 33.5 Å². The van der Waals surface area contributed by atoms with Crippen molar-refractivity contribution >= 4 is 22.9 Å². The summed E-state index contributed by atoms with van der Waals surface area (Å²) in [6.07, 6.45) is 3.36. The number of hydrogen-bond acceptors (Lipinski definition) is 4. The first-order chi connectivity index (χ1) is 11.1. The summed E-state index contributed by atoms with van der Waals surface area (Å²) in [7, 11) is 3.19. The average Bonchev–Trinajstić information content (AvgIpc) is 2.98. The molecule has 5 heteroatoms. The Kier molecular flexibility index (Phi) is 4.57. The Morgan fingerprint density at radius 2 is 2.09 bits per heavy atom. The highest BCUT2D eigenvalue weighted by atomic mass is 32.1. The number of rotatable bonds is 4. The SMILES string of the molecule is COc1ccc(OC)c(NC(=O)c2cc3c(s2)CC[C@@H](C)C3)c1. The molecule has 2 aromatic rings. The first-order valence-corrected chi connectivity index (χ1v) is 8.57. The molecule has 1 aromatic carbocycles. The van der Waals surface area contributed by atoms with E-state index in [1.54, 1.807) is 43.8 Å². The molecule has 0 saturated heterocycles. The molecule has 1 aromatic heterocycles. The van der Waals surface area contributed by atoms with Crippen LogP contribution in [0.25, 0.3) is 0 Å². The molecule has 1 amide bonds. The number of amides is 1. The molecule has 0 saturated carbocycles. The second kappa shape index (κ2) is 6.62. The fraction of sp³-hybridized carbons (Fsp3) is 0.389. The van der Waals surface area contributed by atoms with Crippen molar-refractivity contribution in [1.82, 2.24) is 0 Å². The topological polar surface area (TPSA) is 47.6 Å². The highest BCUT2D eigenvalue weighted by Crippen LogP contribution is 2.34. The molecule has 0 spiro atoms. The molecule has 0 aliphatic heterocycles. The average molecular weight is 331 g/mol. The summed E-state index contributed by atoms with van der Waals surface area (Å²) in [6, 6.07) is 7.40. The molecule has 1 N–H and O–H groups in total. The van der Waals surface area contributed by atoms with E-state index in [0.29, 0.717) is 23.1 Å². The largest absolute Gasteiger partial charge is 0.497 e. The van der Waals surface area contributed by atoms with Crippen LogP contribution >= 0.6 is 11.3 Å². The molecule has 0 bridgehead atoms. The molecule has 1 heterocycles. The third-order valence-electron chi connectivity index (χ3n) is 4.21. The molecular weight excluding hydrogens is 310 g/mol. The standard InChI is InChI=1S/C18H21NO3S/c1-11-4-7-16-12(8-11)9-17(23-16)18(20)19-14-10-13(21-2)5-6-15(14)22-3/h5-6,9-11H,4,7-8H2,1-3H3,(H,19,20)/t11-/m1/s1. The van der Waals surface area contributed by atoms with Gasteiger partial charge in [-0.15, -0.1) is 11.3 Å².